The molecule has 1 aromatic rings. The molecule has 126 valence electrons. The molecule has 2 fully saturated rings. The number of carbonyl (C=O) groups excluding carboxylic acids is 1. The van der Waals surface area contributed by atoms with Crippen molar-refractivity contribution in [2.24, 2.45) is 5.92 Å². The van der Waals surface area contributed by atoms with Gasteiger partial charge in [0.1, 0.15) is 5.82 Å². The molecule has 2 aliphatic rings. The molecular weight excluding hydrogens is 290 g/mol. The summed E-state index contributed by atoms with van der Waals surface area (Å²) in [6.45, 7) is 10.4. The fourth-order valence-electron chi connectivity index (χ4n) is 3.57. The van der Waals surface area contributed by atoms with Crippen LogP contribution in [0.5, 0.6) is 0 Å². The molecule has 3 heterocycles. The molecule has 2 aliphatic heterocycles. The molecule has 0 N–H and O–H groups in total. The van der Waals surface area contributed by atoms with E-state index in [-0.39, 0.29) is 0 Å². The first-order chi connectivity index (χ1) is 11.1. The molecule has 0 saturated carbocycles. The first-order valence-electron chi connectivity index (χ1n) is 8.66. The summed E-state index contributed by atoms with van der Waals surface area (Å²) in [4.78, 5) is 27.4. The third-order valence-corrected chi connectivity index (χ3v) is 4.93. The fraction of sp³-hybridized carbons (Fsp3) is 0.706. The number of piperazine rings is 1. The average molecular weight is 317 g/mol. The first-order valence-corrected chi connectivity index (χ1v) is 8.66. The van der Waals surface area contributed by atoms with Gasteiger partial charge in [-0.2, -0.15) is 0 Å². The molecule has 2 saturated heterocycles. The van der Waals surface area contributed by atoms with Crippen LogP contribution in [0, 0.1) is 5.92 Å². The Hall–Kier alpha value is -1.69. The summed E-state index contributed by atoms with van der Waals surface area (Å²) in [7, 11) is 0. The van der Waals surface area contributed by atoms with Gasteiger partial charge in [-0.15, -0.1) is 0 Å². The predicted molar refractivity (Wildman–Crippen MR) is 90.3 cm³/mol. The van der Waals surface area contributed by atoms with Crippen molar-refractivity contribution in [1.82, 2.24) is 19.8 Å². The minimum atomic E-state index is 0.318. The number of anilines is 1. The van der Waals surface area contributed by atoms with Gasteiger partial charge in [0, 0.05) is 64.1 Å². The van der Waals surface area contributed by atoms with E-state index in [1.807, 2.05) is 11.1 Å². The SMILES string of the molecule is CC(C)N1CC(CN2CCN(c3cnccn3)CC2)CCC1=O. The molecule has 1 amide bonds. The second kappa shape index (κ2) is 7.25. The van der Waals surface area contributed by atoms with Gasteiger partial charge in [-0.1, -0.05) is 0 Å². The lowest BCUT2D eigenvalue weighted by molar-refractivity contribution is -0.136. The van der Waals surface area contributed by atoms with E-state index in [4.69, 9.17) is 0 Å². The molecule has 3 rings (SSSR count). The standard InChI is InChI=1S/C17H27N5O/c1-14(2)22-13-15(3-4-17(22)23)12-20-7-9-21(10-8-20)16-11-18-5-6-19-16/h5-6,11,14-15H,3-4,7-10,12-13H2,1-2H3. The highest BCUT2D eigenvalue weighted by Gasteiger charge is 2.29. The zero-order chi connectivity index (χ0) is 16.2. The van der Waals surface area contributed by atoms with E-state index < -0.39 is 0 Å². The molecule has 0 radical (unpaired) electrons. The minimum absolute atomic E-state index is 0.318. The summed E-state index contributed by atoms with van der Waals surface area (Å²) < 4.78 is 0. The van der Waals surface area contributed by atoms with E-state index in [0.717, 1.165) is 51.5 Å². The third-order valence-electron chi connectivity index (χ3n) is 4.93. The topological polar surface area (TPSA) is 52.6 Å². The number of hydrogen-bond acceptors (Lipinski definition) is 5. The highest BCUT2D eigenvalue weighted by molar-refractivity contribution is 5.77. The molecule has 1 atom stereocenters. The summed E-state index contributed by atoms with van der Waals surface area (Å²) in [6.07, 6.45) is 7.05. The summed E-state index contributed by atoms with van der Waals surface area (Å²) >= 11 is 0. The normalized spacial score (nSPS) is 23.6. The number of aromatic nitrogens is 2. The van der Waals surface area contributed by atoms with Crippen molar-refractivity contribution in [1.29, 1.82) is 0 Å². The van der Waals surface area contributed by atoms with Crippen LogP contribution in [-0.4, -0.2) is 71.0 Å². The molecule has 0 spiro atoms. The highest BCUT2D eigenvalue weighted by atomic mass is 16.2. The maximum Gasteiger partial charge on any atom is 0.222 e. The molecule has 23 heavy (non-hydrogen) atoms. The average Bonchev–Trinajstić information content (AvgIpc) is 2.58. The van der Waals surface area contributed by atoms with Crippen molar-refractivity contribution in [2.45, 2.75) is 32.7 Å². The van der Waals surface area contributed by atoms with Gasteiger partial charge in [-0.25, -0.2) is 4.98 Å². The van der Waals surface area contributed by atoms with Crippen molar-refractivity contribution in [3.8, 4) is 0 Å². The second-order valence-electron chi connectivity index (χ2n) is 6.90. The van der Waals surface area contributed by atoms with Gasteiger partial charge in [0.2, 0.25) is 5.91 Å². The van der Waals surface area contributed by atoms with Crippen LogP contribution >= 0.6 is 0 Å². The van der Waals surface area contributed by atoms with Crippen LogP contribution in [0.25, 0.3) is 0 Å². The van der Waals surface area contributed by atoms with Crippen LogP contribution in [0.15, 0.2) is 18.6 Å². The zero-order valence-corrected chi connectivity index (χ0v) is 14.2. The Morgan fingerprint density at radius 3 is 2.65 bits per heavy atom. The van der Waals surface area contributed by atoms with E-state index in [1.165, 1.54) is 0 Å². The largest absolute Gasteiger partial charge is 0.353 e. The Morgan fingerprint density at radius 1 is 1.22 bits per heavy atom. The Balaban J connectivity index is 1.48. The molecule has 6 nitrogen and oxygen atoms in total. The van der Waals surface area contributed by atoms with Crippen LogP contribution in [-0.2, 0) is 4.79 Å². The number of carbonyl (C=O) groups is 1. The monoisotopic (exact) mass is 317 g/mol. The van der Waals surface area contributed by atoms with E-state index in [2.05, 4.69) is 33.6 Å². The van der Waals surface area contributed by atoms with Crippen LogP contribution in [0.3, 0.4) is 0 Å². The van der Waals surface area contributed by atoms with Crippen molar-refractivity contribution in [3.05, 3.63) is 18.6 Å². The molecule has 1 unspecified atom stereocenters. The Kier molecular flexibility index (Phi) is 5.10. The molecular formula is C17H27N5O. The van der Waals surface area contributed by atoms with Crippen molar-refractivity contribution in [2.75, 3.05) is 44.2 Å². The first kappa shape index (κ1) is 16.2. The Morgan fingerprint density at radius 2 is 2.00 bits per heavy atom. The van der Waals surface area contributed by atoms with Gasteiger partial charge < -0.3 is 9.80 Å². The van der Waals surface area contributed by atoms with E-state index in [1.54, 1.807) is 12.4 Å². The lowest BCUT2D eigenvalue weighted by Crippen LogP contribution is -2.51. The number of piperidine rings is 1. The lowest BCUT2D eigenvalue weighted by atomic mass is 9.95. The van der Waals surface area contributed by atoms with E-state index >= 15 is 0 Å². The second-order valence-corrected chi connectivity index (χ2v) is 6.90. The quantitative estimate of drug-likeness (QED) is 0.836. The van der Waals surface area contributed by atoms with Crippen LogP contribution < -0.4 is 4.90 Å². The lowest BCUT2D eigenvalue weighted by Gasteiger charge is -2.40. The number of amides is 1. The van der Waals surface area contributed by atoms with Crippen LogP contribution in [0.1, 0.15) is 26.7 Å². The number of hydrogen-bond donors (Lipinski definition) is 0. The van der Waals surface area contributed by atoms with Crippen LogP contribution in [0.2, 0.25) is 0 Å². The van der Waals surface area contributed by atoms with Gasteiger partial charge >= 0.3 is 0 Å². The molecule has 0 bridgehead atoms. The van der Waals surface area contributed by atoms with Crippen molar-refractivity contribution < 1.29 is 4.79 Å². The minimum Gasteiger partial charge on any atom is -0.353 e. The molecule has 6 heteroatoms. The van der Waals surface area contributed by atoms with Gasteiger partial charge in [-0.05, 0) is 26.2 Å². The summed E-state index contributed by atoms with van der Waals surface area (Å²) in [6, 6.07) is 0.318. The van der Waals surface area contributed by atoms with Gasteiger partial charge in [-0.3, -0.25) is 14.7 Å². The number of rotatable bonds is 4. The third kappa shape index (κ3) is 3.99. The fourth-order valence-corrected chi connectivity index (χ4v) is 3.57. The van der Waals surface area contributed by atoms with Crippen molar-refractivity contribution >= 4 is 11.7 Å². The number of nitrogens with zero attached hydrogens (tertiary/aromatic N) is 5. The van der Waals surface area contributed by atoms with Crippen LogP contribution in [0.4, 0.5) is 5.82 Å². The van der Waals surface area contributed by atoms with Gasteiger partial charge in [0.25, 0.3) is 0 Å². The Labute approximate surface area is 138 Å². The maximum absolute atomic E-state index is 12.0. The summed E-state index contributed by atoms with van der Waals surface area (Å²) in [5, 5.41) is 0. The highest BCUT2D eigenvalue weighted by Crippen LogP contribution is 2.21. The van der Waals surface area contributed by atoms with E-state index in [9.17, 15) is 4.79 Å². The zero-order valence-electron chi connectivity index (χ0n) is 14.2. The van der Waals surface area contributed by atoms with E-state index in [0.29, 0.717) is 24.3 Å². The maximum atomic E-state index is 12.0. The molecule has 1 aromatic heterocycles. The predicted octanol–water partition coefficient (Wildman–Crippen LogP) is 1.25. The summed E-state index contributed by atoms with van der Waals surface area (Å²) in [5.74, 6) is 1.91. The number of likely N-dealkylation sites (tertiary alicyclic amines) is 1. The van der Waals surface area contributed by atoms with Gasteiger partial charge in [0.15, 0.2) is 0 Å². The molecule has 0 aromatic carbocycles. The van der Waals surface area contributed by atoms with Gasteiger partial charge in [0.05, 0.1) is 6.20 Å². The summed E-state index contributed by atoms with van der Waals surface area (Å²) in [5.41, 5.74) is 0. The smallest absolute Gasteiger partial charge is 0.222 e. The Bertz CT molecular complexity index is 513. The van der Waals surface area contributed by atoms with Crippen molar-refractivity contribution in [3.63, 3.8) is 0 Å². The molecule has 0 aliphatic carbocycles.